The van der Waals surface area contributed by atoms with Crippen LogP contribution < -0.4 is 0 Å². The molecule has 0 bridgehead atoms. The standard InChI is InChI=1S/C7H10O2PS/c1-2-10(8)9-6-7-4-3-5-11-7/h3-5H,2,6H2,1H3/q+1. The van der Waals surface area contributed by atoms with Crippen molar-refractivity contribution < 1.29 is 9.09 Å². The topological polar surface area (TPSA) is 26.3 Å². The molecule has 1 rings (SSSR count). The van der Waals surface area contributed by atoms with Gasteiger partial charge in [0.05, 0.1) is 0 Å². The fraction of sp³-hybridized carbons (Fsp3) is 0.429. The third-order valence-corrected chi connectivity index (χ3v) is 2.97. The summed E-state index contributed by atoms with van der Waals surface area (Å²) in [4.78, 5) is 1.13. The minimum atomic E-state index is -1.43. The summed E-state index contributed by atoms with van der Waals surface area (Å²) in [6.45, 7) is 2.34. The second kappa shape index (κ2) is 4.60. The third kappa shape index (κ3) is 3.10. The summed E-state index contributed by atoms with van der Waals surface area (Å²) >= 11 is 1.62. The first-order valence-electron chi connectivity index (χ1n) is 3.43. The summed E-state index contributed by atoms with van der Waals surface area (Å²) in [6, 6.07) is 3.94. The van der Waals surface area contributed by atoms with Crippen LogP contribution in [-0.2, 0) is 15.7 Å². The zero-order chi connectivity index (χ0) is 8.10. The van der Waals surface area contributed by atoms with Gasteiger partial charge in [-0.3, -0.25) is 0 Å². The number of hydrogen-bond acceptors (Lipinski definition) is 3. The van der Waals surface area contributed by atoms with Gasteiger partial charge in [-0.15, -0.1) is 15.9 Å². The van der Waals surface area contributed by atoms with Gasteiger partial charge in [0.1, 0.15) is 6.61 Å². The monoisotopic (exact) mass is 189 g/mol. The molecule has 1 aromatic heterocycles. The normalized spacial score (nSPS) is 11.5. The smallest absolute Gasteiger partial charge is 0.146 e. The highest BCUT2D eigenvalue weighted by molar-refractivity contribution is 7.39. The molecule has 0 aliphatic carbocycles. The van der Waals surface area contributed by atoms with Gasteiger partial charge in [-0.05, 0) is 22.9 Å². The van der Waals surface area contributed by atoms with Crippen molar-refractivity contribution in [1.29, 1.82) is 0 Å². The molecule has 0 N–H and O–H groups in total. The Morgan fingerprint density at radius 1 is 1.73 bits per heavy atom. The number of hydrogen-bond donors (Lipinski definition) is 0. The fourth-order valence-corrected chi connectivity index (χ4v) is 1.79. The Hall–Kier alpha value is -0.240. The van der Waals surface area contributed by atoms with E-state index < -0.39 is 8.03 Å². The van der Waals surface area contributed by atoms with E-state index in [1.54, 1.807) is 11.3 Å². The van der Waals surface area contributed by atoms with Crippen LogP contribution in [0.2, 0.25) is 0 Å². The molecule has 11 heavy (non-hydrogen) atoms. The van der Waals surface area contributed by atoms with E-state index in [-0.39, 0.29) is 0 Å². The molecule has 2 nitrogen and oxygen atoms in total. The second-order valence-corrected chi connectivity index (χ2v) is 4.59. The van der Waals surface area contributed by atoms with Gasteiger partial charge in [0.2, 0.25) is 0 Å². The Kier molecular flexibility index (Phi) is 3.70. The Morgan fingerprint density at radius 3 is 3.09 bits per heavy atom. The predicted octanol–water partition coefficient (Wildman–Crippen LogP) is 3.03. The highest BCUT2D eigenvalue weighted by Crippen LogP contribution is 2.24. The first-order chi connectivity index (χ1) is 5.33. The molecule has 0 spiro atoms. The van der Waals surface area contributed by atoms with E-state index >= 15 is 0 Å². The van der Waals surface area contributed by atoms with E-state index in [0.29, 0.717) is 12.8 Å². The van der Waals surface area contributed by atoms with E-state index in [1.807, 2.05) is 24.4 Å². The molecule has 0 amide bonds. The van der Waals surface area contributed by atoms with Crippen molar-refractivity contribution in [1.82, 2.24) is 0 Å². The Labute approximate surface area is 71.1 Å². The first kappa shape index (κ1) is 8.85. The van der Waals surface area contributed by atoms with E-state index in [9.17, 15) is 4.57 Å². The van der Waals surface area contributed by atoms with Gasteiger partial charge in [-0.25, -0.2) is 0 Å². The lowest BCUT2D eigenvalue weighted by atomic mass is 10.5. The molecule has 1 unspecified atom stereocenters. The minimum Gasteiger partial charge on any atom is -0.146 e. The van der Waals surface area contributed by atoms with Crippen LogP contribution in [0.5, 0.6) is 0 Å². The van der Waals surface area contributed by atoms with E-state index in [1.165, 1.54) is 0 Å². The highest BCUT2D eigenvalue weighted by Gasteiger charge is 2.12. The van der Waals surface area contributed by atoms with Gasteiger partial charge in [-0.1, -0.05) is 6.07 Å². The van der Waals surface area contributed by atoms with Crippen LogP contribution in [0, 0.1) is 0 Å². The van der Waals surface area contributed by atoms with Crippen molar-refractivity contribution in [2.45, 2.75) is 13.5 Å². The zero-order valence-electron chi connectivity index (χ0n) is 6.32. The molecule has 0 aliphatic rings. The molecule has 0 aromatic carbocycles. The first-order valence-corrected chi connectivity index (χ1v) is 5.67. The summed E-state index contributed by atoms with van der Waals surface area (Å²) in [5, 5.41) is 1.98. The summed E-state index contributed by atoms with van der Waals surface area (Å²) in [5.41, 5.74) is 0. The van der Waals surface area contributed by atoms with Crippen molar-refractivity contribution in [3.63, 3.8) is 0 Å². The summed E-state index contributed by atoms with van der Waals surface area (Å²) in [7, 11) is -1.43. The molecule has 1 heterocycles. The van der Waals surface area contributed by atoms with Gasteiger partial charge < -0.3 is 0 Å². The van der Waals surface area contributed by atoms with E-state index in [2.05, 4.69) is 0 Å². The minimum absolute atomic E-state index is 0.487. The maximum absolute atomic E-state index is 10.8. The average Bonchev–Trinajstić information content (AvgIpc) is 2.52. The third-order valence-electron chi connectivity index (χ3n) is 1.19. The lowest BCUT2D eigenvalue weighted by molar-refractivity contribution is 0.323. The molecule has 60 valence electrons. The van der Waals surface area contributed by atoms with E-state index in [4.69, 9.17) is 4.52 Å². The van der Waals surface area contributed by atoms with Gasteiger partial charge in [0, 0.05) is 4.88 Å². The van der Waals surface area contributed by atoms with Gasteiger partial charge in [0.15, 0.2) is 6.16 Å². The van der Waals surface area contributed by atoms with Crippen molar-refractivity contribution >= 4 is 19.4 Å². The fourth-order valence-electron chi connectivity index (χ4n) is 0.622. The molecule has 0 saturated heterocycles. The Morgan fingerprint density at radius 2 is 2.55 bits per heavy atom. The van der Waals surface area contributed by atoms with Crippen LogP contribution in [-0.4, -0.2) is 6.16 Å². The Balaban J connectivity index is 2.29. The van der Waals surface area contributed by atoms with Crippen LogP contribution in [0.3, 0.4) is 0 Å². The van der Waals surface area contributed by atoms with Crippen molar-refractivity contribution in [3.05, 3.63) is 22.4 Å². The van der Waals surface area contributed by atoms with Crippen molar-refractivity contribution in [2.75, 3.05) is 6.16 Å². The predicted molar refractivity (Wildman–Crippen MR) is 47.3 cm³/mol. The van der Waals surface area contributed by atoms with Crippen molar-refractivity contribution in [3.8, 4) is 0 Å². The van der Waals surface area contributed by atoms with Gasteiger partial charge in [0.25, 0.3) is 0 Å². The average molecular weight is 189 g/mol. The largest absolute Gasteiger partial charge is 0.508 e. The summed E-state index contributed by atoms with van der Waals surface area (Å²) in [5.74, 6) is 0. The van der Waals surface area contributed by atoms with Crippen LogP contribution in [0.25, 0.3) is 0 Å². The number of thiophene rings is 1. The molecular weight excluding hydrogens is 179 g/mol. The molecule has 0 radical (unpaired) electrons. The van der Waals surface area contributed by atoms with E-state index in [0.717, 1.165) is 4.88 Å². The SMILES string of the molecule is CC[P+](=O)OCc1cccs1. The van der Waals surface area contributed by atoms with Crippen LogP contribution in [0.1, 0.15) is 11.8 Å². The molecule has 0 aliphatic heterocycles. The molecule has 1 aromatic rings. The lowest BCUT2D eigenvalue weighted by Gasteiger charge is -1.85. The van der Waals surface area contributed by atoms with Gasteiger partial charge >= 0.3 is 8.03 Å². The summed E-state index contributed by atoms with van der Waals surface area (Å²) in [6.07, 6.45) is 0.598. The van der Waals surface area contributed by atoms with Gasteiger partial charge in [-0.2, -0.15) is 0 Å². The Bertz CT molecular complexity index is 220. The lowest BCUT2D eigenvalue weighted by Crippen LogP contribution is -1.80. The highest BCUT2D eigenvalue weighted by atomic mass is 32.1. The molecule has 0 fully saturated rings. The quantitative estimate of drug-likeness (QED) is 0.680. The second-order valence-electron chi connectivity index (χ2n) is 2.00. The number of rotatable bonds is 4. The molecule has 4 heteroatoms. The molecule has 0 saturated carbocycles. The maximum atomic E-state index is 10.8. The van der Waals surface area contributed by atoms with Crippen LogP contribution in [0.15, 0.2) is 17.5 Å². The van der Waals surface area contributed by atoms with Crippen LogP contribution in [0.4, 0.5) is 0 Å². The van der Waals surface area contributed by atoms with Crippen molar-refractivity contribution in [2.24, 2.45) is 0 Å². The molecule has 1 atom stereocenters. The molecular formula is C7H10O2PS+. The zero-order valence-corrected chi connectivity index (χ0v) is 8.03. The summed E-state index contributed by atoms with van der Waals surface area (Å²) < 4.78 is 15.9. The maximum Gasteiger partial charge on any atom is 0.508 e. The van der Waals surface area contributed by atoms with Crippen LogP contribution >= 0.6 is 19.4 Å².